The molecular formula is C32H32F4. The topological polar surface area (TPSA) is 0 Å². The summed E-state index contributed by atoms with van der Waals surface area (Å²) in [4.78, 5) is 0. The van der Waals surface area contributed by atoms with Gasteiger partial charge in [0.1, 0.15) is 0 Å². The van der Waals surface area contributed by atoms with Crippen molar-refractivity contribution in [3.8, 4) is 22.3 Å². The van der Waals surface area contributed by atoms with E-state index in [-0.39, 0.29) is 16.7 Å². The lowest BCUT2D eigenvalue weighted by Crippen LogP contribution is -2.22. The first-order chi connectivity index (χ1) is 17.3. The second-order valence-corrected chi connectivity index (χ2v) is 10.7. The Balaban J connectivity index is 1.34. The number of hydrogen-bond donors (Lipinski definition) is 0. The number of halogens is 4. The molecule has 1 unspecified atom stereocenters. The molecule has 3 aromatic rings. The van der Waals surface area contributed by atoms with Gasteiger partial charge in [0, 0.05) is 16.7 Å². The molecule has 0 nitrogen and oxygen atoms in total. The van der Waals surface area contributed by atoms with Crippen LogP contribution in [0.3, 0.4) is 0 Å². The van der Waals surface area contributed by atoms with Crippen LogP contribution in [0.2, 0.25) is 0 Å². The van der Waals surface area contributed by atoms with E-state index in [9.17, 15) is 8.78 Å². The van der Waals surface area contributed by atoms with Gasteiger partial charge in [0.05, 0.1) is 0 Å². The molecule has 0 bridgehead atoms. The maximum atomic E-state index is 15.2. The molecule has 4 heteroatoms. The SMILES string of the molecule is Cc1ccc(-c2ccc(-c3ccc(C4=CCC(C5CCC(C)CC5)CC4)c(F)c3F)cc2)c(F)c1F. The summed E-state index contributed by atoms with van der Waals surface area (Å²) in [7, 11) is 0. The molecule has 1 saturated carbocycles. The molecule has 0 aliphatic heterocycles. The molecule has 1 atom stereocenters. The van der Waals surface area contributed by atoms with E-state index in [1.807, 2.05) is 0 Å². The molecule has 0 radical (unpaired) electrons. The van der Waals surface area contributed by atoms with Gasteiger partial charge in [-0.3, -0.25) is 0 Å². The minimum absolute atomic E-state index is 0.136. The monoisotopic (exact) mass is 492 g/mol. The van der Waals surface area contributed by atoms with Gasteiger partial charge < -0.3 is 0 Å². The first-order valence-electron chi connectivity index (χ1n) is 13.1. The van der Waals surface area contributed by atoms with Gasteiger partial charge in [-0.25, -0.2) is 17.6 Å². The van der Waals surface area contributed by atoms with Crippen molar-refractivity contribution in [2.75, 3.05) is 0 Å². The minimum atomic E-state index is -0.912. The van der Waals surface area contributed by atoms with Crippen molar-refractivity contribution in [2.45, 2.75) is 58.8 Å². The zero-order valence-corrected chi connectivity index (χ0v) is 20.9. The third kappa shape index (κ3) is 4.75. The van der Waals surface area contributed by atoms with E-state index in [1.54, 1.807) is 36.4 Å². The molecule has 0 saturated heterocycles. The lowest BCUT2D eigenvalue weighted by molar-refractivity contribution is 0.202. The molecule has 0 amide bonds. The summed E-state index contributed by atoms with van der Waals surface area (Å²) < 4.78 is 58.7. The highest BCUT2D eigenvalue weighted by Gasteiger charge is 2.28. The van der Waals surface area contributed by atoms with Gasteiger partial charge in [-0.1, -0.05) is 74.4 Å². The Kier molecular flexibility index (Phi) is 7.05. The van der Waals surface area contributed by atoms with Gasteiger partial charge >= 0.3 is 0 Å². The zero-order valence-electron chi connectivity index (χ0n) is 20.9. The van der Waals surface area contributed by atoms with E-state index in [4.69, 9.17) is 0 Å². The summed E-state index contributed by atoms with van der Waals surface area (Å²) in [5, 5.41) is 0. The van der Waals surface area contributed by atoms with E-state index >= 15 is 8.78 Å². The fourth-order valence-electron chi connectivity index (χ4n) is 6.00. The quantitative estimate of drug-likeness (QED) is 0.318. The van der Waals surface area contributed by atoms with Crippen molar-refractivity contribution >= 4 is 5.57 Å². The van der Waals surface area contributed by atoms with Crippen LogP contribution in [0.5, 0.6) is 0 Å². The van der Waals surface area contributed by atoms with Crippen molar-refractivity contribution in [2.24, 2.45) is 17.8 Å². The number of hydrogen-bond acceptors (Lipinski definition) is 0. The Hall–Kier alpha value is -2.88. The van der Waals surface area contributed by atoms with Crippen LogP contribution >= 0.6 is 0 Å². The summed E-state index contributed by atoms with van der Waals surface area (Å²) in [5.41, 5.74) is 2.73. The third-order valence-electron chi connectivity index (χ3n) is 8.39. The summed E-state index contributed by atoms with van der Waals surface area (Å²) in [6.45, 7) is 3.83. The van der Waals surface area contributed by atoms with E-state index < -0.39 is 23.3 Å². The standard InChI is InChI=1S/C32H32F4/c1-19-3-6-21(7-4-19)22-8-10-23(11-9-22)27-17-18-28(32(36)31(27)35)25-14-12-24(13-15-25)26-16-5-20(2)29(33)30(26)34/h5,10,12-19,21-22H,3-4,6-9,11H2,1-2H3. The third-order valence-corrected chi connectivity index (χ3v) is 8.39. The van der Waals surface area contributed by atoms with E-state index in [0.29, 0.717) is 22.6 Å². The van der Waals surface area contributed by atoms with Crippen molar-refractivity contribution < 1.29 is 17.6 Å². The second kappa shape index (κ2) is 10.2. The van der Waals surface area contributed by atoms with Crippen molar-refractivity contribution in [1.82, 2.24) is 0 Å². The van der Waals surface area contributed by atoms with Crippen molar-refractivity contribution in [3.05, 3.63) is 89.0 Å². The van der Waals surface area contributed by atoms with Gasteiger partial charge in [-0.05, 0) is 79.0 Å². The summed E-state index contributed by atoms with van der Waals surface area (Å²) in [6.07, 6.45) is 10.1. The normalized spacial score (nSPS) is 22.4. The van der Waals surface area contributed by atoms with Crippen LogP contribution in [0.4, 0.5) is 17.6 Å². The highest BCUT2D eigenvalue weighted by Crippen LogP contribution is 2.42. The molecule has 2 aliphatic carbocycles. The van der Waals surface area contributed by atoms with E-state index in [0.717, 1.165) is 36.7 Å². The Morgan fingerprint density at radius 2 is 1.11 bits per heavy atom. The molecule has 3 aromatic carbocycles. The Labute approximate surface area is 211 Å². The molecule has 0 N–H and O–H groups in total. The minimum Gasteiger partial charge on any atom is -0.203 e. The van der Waals surface area contributed by atoms with Gasteiger partial charge in [-0.15, -0.1) is 0 Å². The molecule has 1 fully saturated rings. The van der Waals surface area contributed by atoms with Crippen molar-refractivity contribution in [1.29, 1.82) is 0 Å². The van der Waals surface area contributed by atoms with E-state index in [2.05, 4.69) is 13.0 Å². The Morgan fingerprint density at radius 3 is 1.69 bits per heavy atom. The lowest BCUT2D eigenvalue weighted by Gasteiger charge is -2.34. The maximum absolute atomic E-state index is 15.2. The first kappa shape index (κ1) is 24.8. The smallest absolute Gasteiger partial charge is 0.167 e. The van der Waals surface area contributed by atoms with Gasteiger partial charge in [0.15, 0.2) is 23.3 Å². The van der Waals surface area contributed by atoms with Gasteiger partial charge in [0.2, 0.25) is 0 Å². The highest BCUT2D eigenvalue weighted by molar-refractivity contribution is 5.74. The molecule has 5 rings (SSSR count). The predicted octanol–water partition coefficient (Wildman–Crippen LogP) is 9.90. The second-order valence-electron chi connectivity index (χ2n) is 10.7. The van der Waals surface area contributed by atoms with E-state index in [1.165, 1.54) is 44.7 Å². The van der Waals surface area contributed by atoms with Crippen LogP contribution in [0.15, 0.2) is 54.6 Å². The van der Waals surface area contributed by atoms with Crippen LogP contribution in [-0.2, 0) is 0 Å². The van der Waals surface area contributed by atoms with Gasteiger partial charge in [0.25, 0.3) is 0 Å². The zero-order chi connectivity index (χ0) is 25.4. The fourth-order valence-corrected chi connectivity index (χ4v) is 6.00. The predicted molar refractivity (Wildman–Crippen MR) is 138 cm³/mol. The van der Waals surface area contributed by atoms with Crippen LogP contribution < -0.4 is 0 Å². The van der Waals surface area contributed by atoms with Crippen molar-refractivity contribution in [3.63, 3.8) is 0 Å². The Bertz CT molecular complexity index is 1280. The first-order valence-corrected chi connectivity index (χ1v) is 13.1. The molecule has 36 heavy (non-hydrogen) atoms. The number of benzene rings is 3. The van der Waals surface area contributed by atoms with Crippen LogP contribution in [0.1, 0.15) is 63.0 Å². The molecule has 188 valence electrons. The van der Waals surface area contributed by atoms with Crippen LogP contribution in [0.25, 0.3) is 27.8 Å². The fraction of sp³-hybridized carbons (Fsp3) is 0.375. The lowest BCUT2D eigenvalue weighted by atomic mass is 9.71. The molecule has 0 aromatic heterocycles. The summed E-state index contributed by atoms with van der Waals surface area (Å²) >= 11 is 0. The largest absolute Gasteiger partial charge is 0.203 e. The highest BCUT2D eigenvalue weighted by atomic mass is 19.2. The number of allylic oxidation sites excluding steroid dienone is 2. The van der Waals surface area contributed by atoms with Crippen LogP contribution in [-0.4, -0.2) is 0 Å². The average molecular weight is 493 g/mol. The molecular weight excluding hydrogens is 460 g/mol. The molecule has 0 spiro atoms. The number of rotatable bonds is 4. The average Bonchev–Trinajstić information content (AvgIpc) is 2.90. The van der Waals surface area contributed by atoms with Crippen LogP contribution in [0, 0.1) is 47.9 Å². The Morgan fingerprint density at radius 1 is 0.583 bits per heavy atom. The molecule has 0 heterocycles. The maximum Gasteiger partial charge on any atom is 0.167 e. The van der Waals surface area contributed by atoms with Gasteiger partial charge in [-0.2, -0.15) is 0 Å². The summed E-state index contributed by atoms with van der Waals surface area (Å²) in [6, 6.07) is 12.8. The number of aryl methyl sites for hydroxylation is 1. The molecule has 2 aliphatic rings. The summed E-state index contributed by atoms with van der Waals surface area (Å²) in [5.74, 6) is -1.25.